The van der Waals surface area contributed by atoms with Gasteiger partial charge in [-0.15, -0.1) is 0 Å². The Morgan fingerprint density at radius 2 is 2.05 bits per heavy atom. The van der Waals surface area contributed by atoms with Crippen molar-refractivity contribution in [3.8, 4) is 11.5 Å². The monoisotopic (exact) mass is 281 g/mol. The fourth-order valence-corrected chi connectivity index (χ4v) is 2.17. The quantitative estimate of drug-likeness (QED) is 0.855. The van der Waals surface area contributed by atoms with Gasteiger partial charge in [-0.1, -0.05) is 6.07 Å². The molecule has 0 saturated carbocycles. The summed E-state index contributed by atoms with van der Waals surface area (Å²) in [5, 5.41) is 9.57. The number of hydrogen-bond acceptors (Lipinski definition) is 5. The van der Waals surface area contributed by atoms with Gasteiger partial charge < -0.3 is 19.3 Å². The summed E-state index contributed by atoms with van der Waals surface area (Å²) in [7, 11) is 1.61. The molecule has 0 bridgehead atoms. The average molecular weight is 281 g/mol. The minimum absolute atomic E-state index is 0.508. The SMILES string of the molecule is COc1cc(C(C)O)ccc1OCCN1CCOCC1. The topological polar surface area (TPSA) is 51.2 Å². The first kappa shape index (κ1) is 15.1. The van der Waals surface area contributed by atoms with E-state index in [1.807, 2.05) is 18.2 Å². The molecule has 1 fully saturated rings. The standard InChI is InChI=1S/C15H23NO4/c1-12(17)13-3-4-14(15(11-13)18-2)20-10-7-16-5-8-19-9-6-16/h3-4,11-12,17H,5-10H2,1-2H3. The van der Waals surface area contributed by atoms with E-state index in [9.17, 15) is 5.11 Å². The van der Waals surface area contributed by atoms with Gasteiger partial charge in [0, 0.05) is 19.6 Å². The van der Waals surface area contributed by atoms with Gasteiger partial charge in [0.25, 0.3) is 0 Å². The van der Waals surface area contributed by atoms with Crippen LogP contribution < -0.4 is 9.47 Å². The third-order valence-electron chi connectivity index (χ3n) is 3.44. The van der Waals surface area contributed by atoms with E-state index < -0.39 is 6.10 Å². The van der Waals surface area contributed by atoms with Crippen LogP contribution in [0.5, 0.6) is 11.5 Å². The summed E-state index contributed by atoms with van der Waals surface area (Å²) < 4.78 is 16.4. The van der Waals surface area contributed by atoms with Crippen molar-refractivity contribution in [1.82, 2.24) is 4.90 Å². The second-order valence-corrected chi connectivity index (χ2v) is 4.89. The van der Waals surface area contributed by atoms with Crippen molar-refractivity contribution in [1.29, 1.82) is 0 Å². The molecule has 5 nitrogen and oxygen atoms in total. The zero-order valence-corrected chi connectivity index (χ0v) is 12.2. The molecule has 1 atom stereocenters. The molecule has 1 saturated heterocycles. The first-order chi connectivity index (χ1) is 9.70. The minimum Gasteiger partial charge on any atom is -0.493 e. The predicted octanol–water partition coefficient (Wildman–Crippen LogP) is 1.46. The Hall–Kier alpha value is -1.30. The van der Waals surface area contributed by atoms with Crippen LogP contribution >= 0.6 is 0 Å². The highest BCUT2D eigenvalue weighted by Gasteiger charge is 2.12. The number of hydrogen-bond donors (Lipinski definition) is 1. The number of benzene rings is 1. The number of rotatable bonds is 6. The smallest absolute Gasteiger partial charge is 0.161 e. The Balaban J connectivity index is 1.88. The molecule has 1 aromatic rings. The van der Waals surface area contributed by atoms with Crippen LogP contribution in [0.1, 0.15) is 18.6 Å². The number of aliphatic hydroxyl groups is 1. The maximum atomic E-state index is 9.57. The lowest BCUT2D eigenvalue weighted by molar-refractivity contribution is 0.0321. The van der Waals surface area contributed by atoms with E-state index in [4.69, 9.17) is 14.2 Å². The van der Waals surface area contributed by atoms with Crippen LogP contribution in [-0.4, -0.2) is 56.6 Å². The van der Waals surface area contributed by atoms with E-state index >= 15 is 0 Å². The van der Waals surface area contributed by atoms with Crippen LogP contribution in [0.3, 0.4) is 0 Å². The van der Waals surface area contributed by atoms with E-state index in [1.165, 1.54) is 0 Å². The Bertz CT molecular complexity index is 416. The predicted molar refractivity (Wildman–Crippen MR) is 76.4 cm³/mol. The number of nitrogens with zero attached hydrogens (tertiary/aromatic N) is 1. The molecule has 1 aromatic carbocycles. The summed E-state index contributed by atoms with van der Waals surface area (Å²) >= 11 is 0. The Morgan fingerprint density at radius 1 is 1.30 bits per heavy atom. The molecule has 1 aliphatic heterocycles. The summed E-state index contributed by atoms with van der Waals surface area (Å²) in [4.78, 5) is 2.32. The summed E-state index contributed by atoms with van der Waals surface area (Å²) in [5.74, 6) is 1.37. The average Bonchev–Trinajstić information content (AvgIpc) is 2.48. The third kappa shape index (κ3) is 4.10. The highest BCUT2D eigenvalue weighted by Crippen LogP contribution is 2.30. The second-order valence-electron chi connectivity index (χ2n) is 4.89. The van der Waals surface area contributed by atoms with Crippen LogP contribution in [0.15, 0.2) is 18.2 Å². The van der Waals surface area contributed by atoms with E-state index in [-0.39, 0.29) is 0 Å². The highest BCUT2D eigenvalue weighted by molar-refractivity contribution is 5.43. The van der Waals surface area contributed by atoms with E-state index in [1.54, 1.807) is 14.0 Å². The van der Waals surface area contributed by atoms with Gasteiger partial charge >= 0.3 is 0 Å². The lowest BCUT2D eigenvalue weighted by atomic mass is 10.1. The summed E-state index contributed by atoms with van der Waals surface area (Å²) in [5.41, 5.74) is 0.822. The van der Waals surface area contributed by atoms with Gasteiger partial charge in [-0.2, -0.15) is 0 Å². The first-order valence-electron chi connectivity index (χ1n) is 6.99. The lowest BCUT2D eigenvalue weighted by Crippen LogP contribution is -2.38. The van der Waals surface area contributed by atoms with Crippen molar-refractivity contribution in [3.05, 3.63) is 23.8 Å². The van der Waals surface area contributed by atoms with Crippen molar-refractivity contribution >= 4 is 0 Å². The Labute approximate surface area is 120 Å². The molecule has 20 heavy (non-hydrogen) atoms. The fraction of sp³-hybridized carbons (Fsp3) is 0.600. The molecule has 0 amide bonds. The molecule has 1 aliphatic rings. The van der Waals surface area contributed by atoms with Crippen LogP contribution in [0.4, 0.5) is 0 Å². The number of methoxy groups -OCH3 is 1. The van der Waals surface area contributed by atoms with Crippen LogP contribution in [0, 0.1) is 0 Å². The zero-order chi connectivity index (χ0) is 14.4. The molecule has 0 aromatic heterocycles. The first-order valence-corrected chi connectivity index (χ1v) is 6.99. The second kappa shape index (κ2) is 7.47. The van der Waals surface area contributed by atoms with Gasteiger partial charge in [0.2, 0.25) is 0 Å². The van der Waals surface area contributed by atoms with Gasteiger partial charge in [0.05, 0.1) is 26.4 Å². The lowest BCUT2D eigenvalue weighted by Gasteiger charge is -2.26. The van der Waals surface area contributed by atoms with Crippen molar-refractivity contribution in [3.63, 3.8) is 0 Å². The van der Waals surface area contributed by atoms with Gasteiger partial charge in [-0.25, -0.2) is 0 Å². The molecular weight excluding hydrogens is 258 g/mol. The van der Waals surface area contributed by atoms with E-state index in [2.05, 4.69) is 4.90 Å². The summed E-state index contributed by atoms with van der Waals surface area (Å²) in [6.07, 6.45) is -0.508. The van der Waals surface area contributed by atoms with Gasteiger partial charge in [-0.05, 0) is 24.6 Å². The largest absolute Gasteiger partial charge is 0.493 e. The van der Waals surface area contributed by atoms with Crippen molar-refractivity contribution in [2.45, 2.75) is 13.0 Å². The molecular formula is C15H23NO4. The van der Waals surface area contributed by atoms with Gasteiger partial charge in [0.15, 0.2) is 11.5 Å². The van der Waals surface area contributed by atoms with Crippen molar-refractivity contribution in [2.75, 3.05) is 46.6 Å². The molecule has 0 aliphatic carbocycles. The molecule has 5 heteroatoms. The number of aliphatic hydroxyl groups excluding tert-OH is 1. The summed E-state index contributed by atoms with van der Waals surface area (Å²) in [6.45, 7) is 6.74. The fourth-order valence-electron chi connectivity index (χ4n) is 2.17. The van der Waals surface area contributed by atoms with Crippen molar-refractivity contribution < 1.29 is 19.3 Å². The normalized spacial score (nSPS) is 17.8. The maximum Gasteiger partial charge on any atom is 0.161 e. The Morgan fingerprint density at radius 3 is 2.70 bits per heavy atom. The Kier molecular flexibility index (Phi) is 5.64. The summed E-state index contributed by atoms with van der Waals surface area (Å²) in [6, 6.07) is 5.52. The zero-order valence-electron chi connectivity index (χ0n) is 12.2. The molecule has 0 radical (unpaired) electrons. The van der Waals surface area contributed by atoms with Gasteiger partial charge in [0.1, 0.15) is 6.61 Å². The minimum atomic E-state index is -0.508. The molecule has 1 heterocycles. The maximum absolute atomic E-state index is 9.57. The number of morpholine rings is 1. The molecule has 1 unspecified atom stereocenters. The number of ether oxygens (including phenoxy) is 3. The highest BCUT2D eigenvalue weighted by atomic mass is 16.5. The molecule has 1 N–H and O–H groups in total. The van der Waals surface area contributed by atoms with Crippen LogP contribution in [-0.2, 0) is 4.74 Å². The molecule has 112 valence electrons. The van der Waals surface area contributed by atoms with Crippen LogP contribution in [0.2, 0.25) is 0 Å². The van der Waals surface area contributed by atoms with Gasteiger partial charge in [-0.3, -0.25) is 4.90 Å². The molecule has 0 spiro atoms. The van der Waals surface area contributed by atoms with Crippen LogP contribution in [0.25, 0.3) is 0 Å². The third-order valence-corrected chi connectivity index (χ3v) is 3.44. The molecule has 2 rings (SSSR count). The van der Waals surface area contributed by atoms with E-state index in [0.29, 0.717) is 18.1 Å². The van der Waals surface area contributed by atoms with E-state index in [0.717, 1.165) is 38.4 Å². The van der Waals surface area contributed by atoms with Crippen molar-refractivity contribution in [2.24, 2.45) is 0 Å².